The van der Waals surface area contributed by atoms with Crippen LogP contribution >= 0.6 is 44.1 Å². The molecule has 0 aliphatic carbocycles. The molecule has 0 aliphatic heterocycles. The monoisotopic (exact) mass is 398 g/mol. The van der Waals surface area contributed by atoms with Crippen LogP contribution in [0.15, 0.2) is 52.1 Å². The van der Waals surface area contributed by atoms with Crippen LogP contribution in [0.2, 0.25) is 0 Å². The van der Waals surface area contributed by atoms with Crippen LogP contribution < -0.4 is 10.6 Å². The molecule has 0 aliphatic rings. The highest BCUT2D eigenvalue weighted by Crippen LogP contribution is 2.22. The number of benzene rings is 2. The second kappa shape index (κ2) is 7.03. The maximum Gasteiger partial charge on any atom is 0.0991 e. The standard InChI is InChI=1S/C14H12Br2N2S/c15-8-13(16)17-9-14(19)18-12-7-3-5-10-4-1-2-6-11(10)12/h1-8,17H,9H2,(H,18,19)/b13-8+. The van der Waals surface area contributed by atoms with Gasteiger partial charge in [0.15, 0.2) is 0 Å². The van der Waals surface area contributed by atoms with Gasteiger partial charge in [-0.2, -0.15) is 0 Å². The van der Waals surface area contributed by atoms with Crippen LogP contribution in [0.4, 0.5) is 5.69 Å². The van der Waals surface area contributed by atoms with Crippen LogP contribution in [0.25, 0.3) is 10.8 Å². The zero-order chi connectivity index (χ0) is 13.7. The molecule has 0 radical (unpaired) electrons. The smallest absolute Gasteiger partial charge is 0.0991 e. The topological polar surface area (TPSA) is 24.1 Å². The first-order valence-electron chi connectivity index (χ1n) is 5.68. The van der Waals surface area contributed by atoms with Gasteiger partial charge in [-0.15, -0.1) is 0 Å². The second-order valence-corrected chi connectivity index (χ2v) is 5.69. The van der Waals surface area contributed by atoms with Crippen LogP contribution in [0, 0.1) is 0 Å². The third-order valence-corrected chi connectivity index (χ3v) is 4.41. The average Bonchev–Trinajstić information content (AvgIpc) is 2.45. The first-order chi connectivity index (χ1) is 9.20. The Morgan fingerprint density at radius 1 is 1.16 bits per heavy atom. The molecule has 0 spiro atoms. The summed E-state index contributed by atoms with van der Waals surface area (Å²) in [6.07, 6.45) is 0. The van der Waals surface area contributed by atoms with Crippen molar-refractivity contribution in [1.82, 2.24) is 5.32 Å². The molecule has 2 aromatic rings. The molecule has 0 heterocycles. The lowest BCUT2D eigenvalue weighted by atomic mass is 10.1. The fraction of sp³-hybridized carbons (Fsp3) is 0.0714. The molecule has 5 heteroatoms. The Morgan fingerprint density at radius 2 is 1.89 bits per heavy atom. The molecule has 0 fully saturated rings. The first kappa shape index (κ1) is 14.5. The summed E-state index contributed by atoms with van der Waals surface area (Å²) >= 11 is 11.9. The fourth-order valence-corrected chi connectivity index (χ4v) is 2.22. The third-order valence-electron chi connectivity index (χ3n) is 2.58. The van der Waals surface area contributed by atoms with Crippen molar-refractivity contribution in [3.63, 3.8) is 0 Å². The van der Waals surface area contributed by atoms with Crippen molar-refractivity contribution in [2.24, 2.45) is 0 Å². The molecular weight excluding hydrogens is 388 g/mol. The van der Waals surface area contributed by atoms with Gasteiger partial charge in [-0.1, -0.05) is 64.5 Å². The third kappa shape index (κ3) is 4.03. The Balaban J connectivity index is 2.11. The largest absolute Gasteiger partial charge is 0.373 e. The van der Waals surface area contributed by atoms with E-state index in [9.17, 15) is 0 Å². The molecule has 98 valence electrons. The number of anilines is 1. The van der Waals surface area contributed by atoms with E-state index < -0.39 is 0 Å². The van der Waals surface area contributed by atoms with Gasteiger partial charge in [0, 0.05) is 16.1 Å². The quantitative estimate of drug-likeness (QED) is 0.572. The summed E-state index contributed by atoms with van der Waals surface area (Å²) in [4.78, 5) is 2.50. The normalized spacial score (nSPS) is 11.4. The highest BCUT2D eigenvalue weighted by Gasteiger charge is 2.02. The highest BCUT2D eigenvalue weighted by molar-refractivity contribution is 9.14. The number of fused-ring (bicyclic) bond motifs is 1. The highest BCUT2D eigenvalue weighted by atomic mass is 79.9. The van der Waals surface area contributed by atoms with E-state index in [0.717, 1.165) is 15.3 Å². The molecule has 2 N–H and O–H groups in total. The summed E-state index contributed by atoms with van der Waals surface area (Å²) in [7, 11) is 0. The van der Waals surface area contributed by atoms with Crippen LogP contribution in [0.1, 0.15) is 0 Å². The number of thiocarbonyl (C=S) groups is 1. The Bertz CT molecular complexity index is 620. The van der Waals surface area contributed by atoms with Crippen molar-refractivity contribution in [3.8, 4) is 0 Å². The summed E-state index contributed by atoms with van der Waals surface area (Å²) < 4.78 is 0.856. The van der Waals surface area contributed by atoms with Gasteiger partial charge >= 0.3 is 0 Å². The van der Waals surface area contributed by atoms with Crippen molar-refractivity contribution < 1.29 is 0 Å². The molecule has 0 unspecified atom stereocenters. The van der Waals surface area contributed by atoms with Crippen LogP contribution in [0.5, 0.6) is 0 Å². The van der Waals surface area contributed by atoms with Gasteiger partial charge < -0.3 is 10.6 Å². The van der Waals surface area contributed by atoms with E-state index in [4.69, 9.17) is 12.2 Å². The average molecular weight is 400 g/mol. The number of hydrogen-bond acceptors (Lipinski definition) is 2. The Morgan fingerprint density at radius 3 is 2.68 bits per heavy atom. The Kier molecular flexibility index (Phi) is 5.36. The summed E-state index contributed by atoms with van der Waals surface area (Å²) in [5, 5.41) is 8.77. The molecule has 2 aromatic carbocycles. The summed E-state index contributed by atoms with van der Waals surface area (Å²) in [6.45, 7) is 0.571. The van der Waals surface area contributed by atoms with Crippen LogP contribution in [-0.2, 0) is 0 Å². The molecule has 0 amide bonds. The van der Waals surface area contributed by atoms with Crippen molar-refractivity contribution in [3.05, 3.63) is 52.1 Å². The molecule has 0 bridgehead atoms. The van der Waals surface area contributed by atoms with E-state index in [2.05, 4.69) is 60.7 Å². The van der Waals surface area contributed by atoms with Gasteiger partial charge in [0.05, 0.1) is 16.1 Å². The van der Waals surface area contributed by atoms with E-state index in [1.54, 1.807) is 4.99 Å². The summed E-state index contributed by atoms with van der Waals surface area (Å²) in [5.41, 5.74) is 1.03. The van der Waals surface area contributed by atoms with Gasteiger partial charge in [-0.05, 0) is 27.4 Å². The van der Waals surface area contributed by atoms with Crippen LogP contribution in [0.3, 0.4) is 0 Å². The van der Waals surface area contributed by atoms with E-state index in [-0.39, 0.29) is 0 Å². The molecule has 2 nitrogen and oxygen atoms in total. The SMILES string of the molecule is S=C(CN/C(Br)=C/Br)Nc1cccc2ccccc12. The minimum atomic E-state index is 0.571. The van der Waals surface area contributed by atoms with Gasteiger partial charge in [0.2, 0.25) is 0 Å². The predicted octanol–water partition coefficient (Wildman–Crippen LogP) is 4.76. The first-order valence-corrected chi connectivity index (χ1v) is 7.80. The maximum absolute atomic E-state index is 5.33. The predicted molar refractivity (Wildman–Crippen MR) is 94.1 cm³/mol. The van der Waals surface area contributed by atoms with E-state index in [1.165, 1.54) is 10.8 Å². The molecule has 19 heavy (non-hydrogen) atoms. The van der Waals surface area contributed by atoms with E-state index >= 15 is 0 Å². The minimum Gasteiger partial charge on any atom is -0.373 e. The van der Waals surface area contributed by atoms with E-state index in [0.29, 0.717) is 6.54 Å². The lowest BCUT2D eigenvalue weighted by Gasteiger charge is -2.11. The van der Waals surface area contributed by atoms with Crippen molar-refractivity contribution in [2.45, 2.75) is 0 Å². The number of halogens is 2. The minimum absolute atomic E-state index is 0.571. The molecular formula is C14H12Br2N2S. The molecule has 0 saturated heterocycles. The second-order valence-electron chi connectivity index (χ2n) is 3.89. The number of hydrogen-bond donors (Lipinski definition) is 2. The number of rotatable bonds is 4. The van der Waals surface area contributed by atoms with Crippen molar-refractivity contribution >= 4 is 65.5 Å². The molecule has 0 saturated carbocycles. The molecule has 0 atom stereocenters. The Hall–Kier alpha value is -0.910. The van der Waals surface area contributed by atoms with Crippen LogP contribution in [-0.4, -0.2) is 11.5 Å². The summed E-state index contributed by atoms with van der Waals surface area (Å²) in [5.74, 6) is 0. The van der Waals surface area contributed by atoms with Crippen molar-refractivity contribution in [2.75, 3.05) is 11.9 Å². The van der Waals surface area contributed by atoms with Gasteiger partial charge in [-0.25, -0.2) is 0 Å². The number of nitrogens with one attached hydrogen (secondary N) is 2. The lowest BCUT2D eigenvalue weighted by Crippen LogP contribution is -2.24. The van der Waals surface area contributed by atoms with Crippen molar-refractivity contribution in [1.29, 1.82) is 0 Å². The lowest BCUT2D eigenvalue weighted by molar-refractivity contribution is 1.01. The Labute approximate surface area is 134 Å². The fourth-order valence-electron chi connectivity index (χ4n) is 1.73. The van der Waals surface area contributed by atoms with Gasteiger partial charge in [0.1, 0.15) is 0 Å². The zero-order valence-electron chi connectivity index (χ0n) is 9.99. The zero-order valence-corrected chi connectivity index (χ0v) is 14.0. The van der Waals surface area contributed by atoms with Gasteiger partial charge in [0.25, 0.3) is 0 Å². The van der Waals surface area contributed by atoms with Gasteiger partial charge in [-0.3, -0.25) is 0 Å². The maximum atomic E-state index is 5.33. The van der Waals surface area contributed by atoms with E-state index in [1.807, 2.05) is 24.3 Å². The summed E-state index contributed by atoms with van der Waals surface area (Å²) in [6, 6.07) is 14.4. The molecule has 2 rings (SSSR count). The molecule has 0 aromatic heterocycles.